The number of nitrogens with zero attached hydrogens (tertiary/aromatic N) is 1. The number of rotatable bonds is 2. The molecule has 20 heavy (non-hydrogen) atoms. The number of carbonyl (C=O) groups is 2. The van der Waals surface area contributed by atoms with Gasteiger partial charge in [-0.3, -0.25) is 14.5 Å². The molecule has 1 fully saturated rings. The molecule has 1 aromatic carbocycles. The normalized spacial score (nSPS) is 20.8. The molecule has 0 aliphatic carbocycles. The predicted octanol–water partition coefficient (Wildman–Crippen LogP) is 0.926. The summed E-state index contributed by atoms with van der Waals surface area (Å²) in [6.07, 6.45) is 0. The van der Waals surface area contributed by atoms with E-state index in [1.54, 1.807) is 24.3 Å². The van der Waals surface area contributed by atoms with Gasteiger partial charge in [-0.1, -0.05) is 23.7 Å². The lowest BCUT2D eigenvalue weighted by molar-refractivity contribution is 0.0670. The number of halogens is 1. The molecule has 0 saturated carbocycles. The topological polar surface area (TPSA) is 61.4 Å². The van der Waals surface area contributed by atoms with Gasteiger partial charge >= 0.3 is 0 Å². The summed E-state index contributed by atoms with van der Waals surface area (Å²) in [5, 5.41) is 6.86. The Hall–Kier alpha value is -1.85. The average molecular weight is 292 g/mol. The first-order chi connectivity index (χ1) is 9.68. The fourth-order valence-corrected chi connectivity index (χ4v) is 2.64. The number of hydrogen-bond acceptors (Lipinski definition) is 4. The van der Waals surface area contributed by atoms with Gasteiger partial charge in [0.25, 0.3) is 11.8 Å². The van der Waals surface area contributed by atoms with Crippen LogP contribution in [-0.4, -0.2) is 42.9 Å². The molecule has 0 bridgehead atoms. The summed E-state index contributed by atoms with van der Waals surface area (Å²) in [6.45, 7) is 2.40. The van der Waals surface area contributed by atoms with Crippen LogP contribution >= 0.6 is 11.6 Å². The van der Waals surface area contributed by atoms with Gasteiger partial charge in [0.1, 0.15) is 0 Å². The van der Waals surface area contributed by atoms with E-state index < -0.39 is 0 Å². The second-order valence-electron chi connectivity index (χ2n) is 4.73. The lowest BCUT2D eigenvalue weighted by atomic mass is 10.1. The number of carbonyl (C=O) groups excluding carboxylic acids is 2. The van der Waals surface area contributed by atoms with Crippen molar-refractivity contribution in [1.29, 1.82) is 0 Å². The number of nitrogens with one attached hydrogen (secondary N) is 2. The van der Waals surface area contributed by atoms with Gasteiger partial charge in [-0.05, 0) is 12.1 Å². The van der Waals surface area contributed by atoms with Gasteiger partial charge in [-0.15, -0.1) is 0 Å². The quantitative estimate of drug-likeness (QED) is 0.796. The molecule has 3 rings (SSSR count). The monoisotopic (exact) mass is 291 g/mol. The zero-order chi connectivity index (χ0) is 14.1. The molecule has 2 aliphatic heterocycles. The molecule has 2 heterocycles. The number of hydrogen-bond donors (Lipinski definition) is 2. The van der Waals surface area contributed by atoms with Crippen molar-refractivity contribution in [3.63, 3.8) is 0 Å². The van der Waals surface area contributed by atoms with Crippen molar-refractivity contribution in [2.45, 2.75) is 0 Å². The molecular weight excluding hydrogens is 278 g/mol. The van der Waals surface area contributed by atoms with Gasteiger partial charge in [0.2, 0.25) is 0 Å². The minimum absolute atomic E-state index is 0.109. The second-order valence-corrected chi connectivity index (χ2v) is 5.19. The molecule has 5 nitrogen and oxygen atoms in total. The molecule has 6 heteroatoms. The Morgan fingerprint density at radius 3 is 2.35 bits per heavy atom. The Bertz CT molecular complexity index is 569. The predicted molar refractivity (Wildman–Crippen MR) is 75.6 cm³/mol. The average Bonchev–Trinajstić information content (AvgIpc) is 2.74. The fourth-order valence-electron chi connectivity index (χ4n) is 2.39. The Labute approximate surface area is 121 Å². The summed E-state index contributed by atoms with van der Waals surface area (Å²) in [4.78, 5) is 25.6. The van der Waals surface area contributed by atoms with Crippen LogP contribution in [0.25, 0.3) is 0 Å². The van der Waals surface area contributed by atoms with Gasteiger partial charge in [0, 0.05) is 25.3 Å². The zero-order valence-corrected chi connectivity index (χ0v) is 11.5. The molecule has 1 saturated heterocycles. The standard InChI is InChI=1S/C14H14ClN3O2/c15-11(12-7-16-5-6-17-12)8-18-13(19)9-3-1-2-4-10(9)14(18)20/h1-4,16-17H,5-8H2/b12-11-. The third kappa shape index (κ3) is 2.19. The number of imide groups is 1. The summed E-state index contributed by atoms with van der Waals surface area (Å²) in [6, 6.07) is 6.83. The summed E-state index contributed by atoms with van der Waals surface area (Å²) in [5.74, 6) is -0.568. The van der Waals surface area contributed by atoms with Gasteiger partial charge in [0.15, 0.2) is 0 Å². The van der Waals surface area contributed by atoms with Gasteiger partial charge < -0.3 is 10.6 Å². The number of benzene rings is 1. The van der Waals surface area contributed by atoms with Crippen molar-refractivity contribution in [3.8, 4) is 0 Å². The van der Waals surface area contributed by atoms with Crippen LogP contribution in [0.15, 0.2) is 35.0 Å². The van der Waals surface area contributed by atoms with Gasteiger partial charge in [-0.25, -0.2) is 0 Å². The number of fused-ring (bicyclic) bond motifs is 1. The lowest BCUT2D eigenvalue weighted by Crippen LogP contribution is -2.40. The van der Waals surface area contributed by atoms with Crippen LogP contribution in [0.1, 0.15) is 20.7 Å². The smallest absolute Gasteiger partial charge is 0.261 e. The van der Waals surface area contributed by atoms with E-state index in [1.807, 2.05) is 0 Å². The maximum Gasteiger partial charge on any atom is 0.261 e. The molecule has 104 valence electrons. The minimum Gasteiger partial charge on any atom is -0.385 e. The second kappa shape index (κ2) is 5.26. The van der Waals surface area contributed by atoms with E-state index in [0.717, 1.165) is 18.8 Å². The lowest BCUT2D eigenvalue weighted by Gasteiger charge is -2.21. The summed E-state index contributed by atoms with van der Waals surface area (Å²) >= 11 is 6.24. The Balaban J connectivity index is 1.83. The summed E-state index contributed by atoms with van der Waals surface area (Å²) in [5.41, 5.74) is 1.73. The van der Waals surface area contributed by atoms with E-state index in [4.69, 9.17) is 11.6 Å². The van der Waals surface area contributed by atoms with E-state index in [9.17, 15) is 9.59 Å². The molecule has 1 aromatic rings. The fraction of sp³-hybridized carbons (Fsp3) is 0.286. The van der Waals surface area contributed by atoms with Crippen LogP contribution in [0.4, 0.5) is 0 Å². The Morgan fingerprint density at radius 1 is 1.15 bits per heavy atom. The van der Waals surface area contributed by atoms with Crippen LogP contribution in [0, 0.1) is 0 Å². The van der Waals surface area contributed by atoms with Crippen LogP contribution < -0.4 is 10.6 Å². The first-order valence-electron chi connectivity index (χ1n) is 6.46. The summed E-state index contributed by atoms with van der Waals surface area (Å²) in [7, 11) is 0. The van der Waals surface area contributed by atoms with Crippen molar-refractivity contribution in [2.75, 3.05) is 26.2 Å². The largest absolute Gasteiger partial charge is 0.385 e. The van der Waals surface area contributed by atoms with Crippen molar-refractivity contribution < 1.29 is 9.59 Å². The first-order valence-corrected chi connectivity index (χ1v) is 6.83. The Morgan fingerprint density at radius 2 is 1.80 bits per heavy atom. The SMILES string of the molecule is O=C1c2ccccc2C(=O)N1C/C(Cl)=C1\CNCCN1. The van der Waals surface area contributed by atoms with E-state index >= 15 is 0 Å². The van der Waals surface area contributed by atoms with E-state index in [1.165, 1.54) is 4.90 Å². The molecule has 0 spiro atoms. The third-order valence-corrected chi connectivity index (χ3v) is 3.79. The first kappa shape index (κ1) is 13.1. The molecule has 2 amide bonds. The van der Waals surface area contributed by atoms with Crippen LogP contribution in [0.3, 0.4) is 0 Å². The molecule has 0 radical (unpaired) electrons. The van der Waals surface area contributed by atoms with Crippen molar-refractivity contribution >= 4 is 23.4 Å². The van der Waals surface area contributed by atoms with Gasteiger partial charge in [-0.2, -0.15) is 0 Å². The zero-order valence-electron chi connectivity index (χ0n) is 10.8. The van der Waals surface area contributed by atoms with Crippen LogP contribution in [0.2, 0.25) is 0 Å². The molecule has 0 atom stereocenters. The van der Waals surface area contributed by atoms with Crippen molar-refractivity contribution in [2.24, 2.45) is 0 Å². The maximum atomic E-state index is 12.2. The van der Waals surface area contributed by atoms with E-state index in [0.29, 0.717) is 22.7 Å². The van der Waals surface area contributed by atoms with Gasteiger partial charge in [0.05, 0.1) is 22.7 Å². The molecular formula is C14H14ClN3O2. The highest BCUT2D eigenvalue weighted by molar-refractivity contribution is 6.31. The van der Waals surface area contributed by atoms with E-state index in [-0.39, 0.29) is 18.4 Å². The number of amides is 2. The van der Waals surface area contributed by atoms with Crippen molar-refractivity contribution in [1.82, 2.24) is 15.5 Å². The van der Waals surface area contributed by atoms with E-state index in [2.05, 4.69) is 10.6 Å². The third-order valence-electron chi connectivity index (χ3n) is 3.44. The summed E-state index contributed by atoms with van der Waals surface area (Å²) < 4.78 is 0. The van der Waals surface area contributed by atoms with Crippen molar-refractivity contribution in [3.05, 3.63) is 46.1 Å². The minimum atomic E-state index is -0.284. The number of piperazine rings is 1. The highest BCUT2D eigenvalue weighted by Gasteiger charge is 2.35. The highest BCUT2D eigenvalue weighted by atomic mass is 35.5. The molecule has 2 N–H and O–H groups in total. The molecule has 2 aliphatic rings. The van der Waals surface area contributed by atoms with Crippen LogP contribution in [-0.2, 0) is 0 Å². The highest BCUT2D eigenvalue weighted by Crippen LogP contribution is 2.24. The Kier molecular flexibility index (Phi) is 3.46. The maximum absolute atomic E-state index is 12.2. The molecule has 0 aromatic heterocycles. The van der Waals surface area contributed by atoms with Crippen LogP contribution in [0.5, 0.6) is 0 Å². The molecule has 0 unspecified atom stereocenters.